The predicted octanol–water partition coefficient (Wildman–Crippen LogP) is 1.01. The first kappa shape index (κ1) is 16.1. The van der Waals surface area contributed by atoms with Crippen molar-refractivity contribution in [2.45, 2.75) is 26.5 Å². The van der Waals surface area contributed by atoms with Gasteiger partial charge < -0.3 is 9.84 Å². The average molecular weight is 280 g/mol. The maximum atomic E-state index is 11.7. The minimum atomic E-state index is -1.19. The van der Waals surface area contributed by atoms with Crippen LogP contribution in [0.25, 0.3) is 0 Å². The Bertz CT molecular complexity index is 448. The molecule has 0 unspecified atom stereocenters. The number of hydrogen-bond donors (Lipinski definition) is 2. The first-order chi connectivity index (χ1) is 9.43. The van der Waals surface area contributed by atoms with Crippen LogP contribution < -0.4 is 5.84 Å². The van der Waals surface area contributed by atoms with E-state index >= 15 is 0 Å². The van der Waals surface area contributed by atoms with E-state index in [0.29, 0.717) is 0 Å². The van der Waals surface area contributed by atoms with E-state index in [4.69, 9.17) is 15.7 Å². The summed E-state index contributed by atoms with van der Waals surface area (Å²) in [5.41, 5.74) is 0.926. The molecule has 6 heteroatoms. The molecule has 0 saturated heterocycles. The van der Waals surface area contributed by atoms with Crippen molar-refractivity contribution < 1.29 is 19.4 Å². The van der Waals surface area contributed by atoms with Crippen molar-refractivity contribution in [2.24, 2.45) is 11.8 Å². The van der Waals surface area contributed by atoms with Crippen molar-refractivity contribution in [3.63, 3.8) is 0 Å². The summed E-state index contributed by atoms with van der Waals surface area (Å²) in [5, 5.41) is 9.85. The Morgan fingerprint density at radius 2 is 1.90 bits per heavy atom. The maximum absolute atomic E-state index is 11.7. The lowest BCUT2D eigenvalue weighted by Crippen LogP contribution is -2.53. The third-order valence-corrected chi connectivity index (χ3v) is 2.76. The van der Waals surface area contributed by atoms with Crippen LogP contribution in [0.15, 0.2) is 30.3 Å². The second kappa shape index (κ2) is 7.62. The predicted molar refractivity (Wildman–Crippen MR) is 73.4 cm³/mol. The van der Waals surface area contributed by atoms with Gasteiger partial charge in [0.2, 0.25) is 5.91 Å². The van der Waals surface area contributed by atoms with Crippen LogP contribution in [-0.4, -0.2) is 34.6 Å². The number of rotatable bonds is 7. The second-order valence-corrected chi connectivity index (χ2v) is 4.75. The van der Waals surface area contributed by atoms with Gasteiger partial charge in [0.05, 0.1) is 13.2 Å². The largest absolute Gasteiger partial charge is 0.480 e. The maximum Gasteiger partial charge on any atom is 0.330 e. The summed E-state index contributed by atoms with van der Waals surface area (Å²) in [5.74, 6) is 3.59. The molecule has 20 heavy (non-hydrogen) atoms. The number of benzene rings is 1. The molecule has 0 radical (unpaired) electrons. The molecule has 0 saturated carbocycles. The van der Waals surface area contributed by atoms with Crippen LogP contribution in [0.3, 0.4) is 0 Å². The van der Waals surface area contributed by atoms with Gasteiger partial charge in [-0.15, -0.1) is 0 Å². The Hall–Kier alpha value is -1.92. The Morgan fingerprint density at radius 3 is 2.40 bits per heavy atom. The molecule has 0 aromatic heterocycles. The van der Waals surface area contributed by atoms with E-state index in [2.05, 4.69) is 0 Å². The fraction of sp³-hybridized carbons (Fsp3) is 0.429. The Kier molecular flexibility index (Phi) is 6.14. The summed E-state index contributed by atoms with van der Waals surface area (Å²) >= 11 is 0. The van der Waals surface area contributed by atoms with Crippen molar-refractivity contribution >= 4 is 11.9 Å². The molecule has 0 aliphatic rings. The third kappa shape index (κ3) is 4.64. The van der Waals surface area contributed by atoms with Crippen LogP contribution in [0.5, 0.6) is 0 Å². The van der Waals surface area contributed by atoms with Crippen molar-refractivity contribution in [3.8, 4) is 0 Å². The summed E-state index contributed by atoms with van der Waals surface area (Å²) in [6.45, 7) is 3.44. The molecule has 3 N–H and O–H groups in total. The lowest BCUT2D eigenvalue weighted by Gasteiger charge is -2.25. The summed E-state index contributed by atoms with van der Waals surface area (Å²) in [7, 11) is 0. The van der Waals surface area contributed by atoms with E-state index in [0.717, 1.165) is 10.6 Å². The molecule has 110 valence electrons. The highest BCUT2D eigenvalue weighted by Crippen LogP contribution is 2.06. The van der Waals surface area contributed by atoms with Crippen LogP contribution in [0.1, 0.15) is 19.4 Å². The summed E-state index contributed by atoms with van der Waals surface area (Å²) in [4.78, 5) is 22.9. The van der Waals surface area contributed by atoms with Crippen molar-refractivity contribution in [1.82, 2.24) is 5.01 Å². The molecule has 1 aromatic rings. The zero-order valence-electron chi connectivity index (χ0n) is 11.7. The van der Waals surface area contributed by atoms with Crippen molar-refractivity contribution in [2.75, 3.05) is 6.61 Å². The number of aliphatic carboxylic acids is 1. The van der Waals surface area contributed by atoms with E-state index in [1.165, 1.54) is 0 Å². The average Bonchev–Trinajstić information content (AvgIpc) is 2.42. The highest BCUT2D eigenvalue weighted by Gasteiger charge is 2.28. The van der Waals surface area contributed by atoms with Crippen LogP contribution >= 0.6 is 0 Å². The van der Waals surface area contributed by atoms with Gasteiger partial charge >= 0.3 is 5.97 Å². The van der Waals surface area contributed by atoms with Gasteiger partial charge in [-0.05, 0) is 5.56 Å². The molecule has 1 atom stereocenters. The normalized spacial score (nSPS) is 12.2. The number of nitrogens with zero attached hydrogens (tertiary/aromatic N) is 1. The van der Waals surface area contributed by atoms with Crippen LogP contribution in [0.2, 0.25) is 0 Å². The molecular weight excluding hydrogens is 260 g/mol. The van der Waals surface area contributed by atoms with Gasteiger partial charge in [-0.25, -0.2) is 10.6 Å². The first-order valence-corrected chi connectivity index (χ1v) is 6.35. The lowest BCUT2D eigenvalue weighted by molar-refractivity contribution is -0.155. The zero-order chi connectivity index (χ0) is 15.1. The molecule has 1 aromatic carbocycles. The molecule has 1 rings (SSSR count). The zero-order valence-corrected chi connectivity index (χ0v) is 11.7. The van der Waals surface area contributed by atoms with Gasteiger partial charge in [-0.3, -0.25) is 9.80 Å². The number of nitrogens with two attached hydrogens (primary N) is 1. The van der Waals surface area contributed by atoms with Gasteiger partial charge in [0.1, 0.15) is 0 Å². The molecular formula is C14H20N2O4. The fourth-order valence-electron chi connectivity index (χ4n) is 1.58. The second-order valence-electron chi connectivity index (χ2n) is 4.75. The minimum absolute atomic E-state index is 0.154. The van der Waals surface area contributed by atoms with Gasteiger partial charge in [-0.1, -0.05) is 44.2 Å². The number of carboxylic acids is 1. The van der Waals surface area contributed by atoms with Gasteiger partial charge in [-0.2, -0.15) is 0 Å². The third-order valence-electron chi connectivity index (χ3n) is 2.76. The van der Waals surface area contributed by atoms with E-state index in [1.807, 2.05) is 30.3 Å². The highest BCUT2D eigenvalue weighted by atomic mass is 16.5. The fourth-order valence-corrected chi connectivity index (χ4v) is 1.58. The number of ether oxygens (including phenoxy) is 1. The minimum Gasteiger partial charge on any atom is -0.480 e. The summed E-state index contributed by atoms with van der Waals surface area (Å²) in [6.07, 6.45) is 0. The van der Waals surface area contributed by atoms with Crippen molar-refractivity contribution in [3.05, 3.63) is 35.9 Å². The summed E-state index contributed by atoms with van der Waals surface area (Å²) in [6, 6.07) is 8.17. The van der Waals surface area contributed by atoms with E-state index in [9.17, 15) is 9.59 Å². The van der Waals surface area contributed by atoms with Gasteiger partial charge in [0.25, 0.3) is 0 Å². The summed E-state index contributed by atoms with van der Waals surface area (Å²) < 4.78 is 5.34. The highest BCUT2D eigenvalue weighted by molar-refractivity contribution is 5.84. The van der Waals surface area contributed by atoms with Gasteiger partial charge in [0.15, 0.2) is 6.04 Å². The number of hydrazine groups is 1. The number of amides is 1. The molecule has 0 aliphatic carbocycles. The monoisotopic (exact) mass is 280 g/mol. The Morgan fingerprint density at radius 1 is 1.30 bits per heavy atom. The van der Waals surface area contributed by atoms with Crippen LogP contribution in [0.4, 0.5) is 0 Å². The topological polar surface area (TPSA) is 92.9 Å². The molecule has 0 spiro atoms. The van der Waals surface area contributed by atoms with Crippen molar-refractivity contribution in [1.29, 1.82) is 0 Å². The number of carbonyl (C=O) groups excluding carboxylic acids is 1. The first-order valence-electron chi connectivity index (χ1n) is 6.35. The van der Waals surface area contributed by atoms with Gasteiger partial charge in [0, 0.05) is 5.92 Å². The molecule has 6 nitrogen and oxygen atoms in total. The van der Waals surface area contributed by atoms with E-state index in [-0.39, 0.29) is 19.1 Å². The molecule has 0 bridgehead atoms. The molecule has 1 amide bonds. The van der Waals surface area contributed by atoms with Crippen LogP contribution in [0, 0.1) is 5.92 Å². The lowest BCUT2D eigenvalue weighted by atomic mass is 10.2. The quantitative estimate of drug-likeness (QED) is 0.442. The number of carbonyl (C=O) groups is 2. The standard InChI is InChI=1S/C14H20N2O4/c1-10(2)13(17)16(15)12(14(18)19)9-20-8-11-6-4-3-5-7-11/h3-7,10,12H,8-9,15H2,1-2H3,(H,18,19)/t12-/m0/s1. The number of hydrogen-bond acceptors (Lipinski definition) is 4. The number of carboxylic acid groups (broad SMARTS) is 1. The smallest absolute Gasteiger partial charge is 0.330 e. The van der Waals surface area contributed by atoms with E-state index in [1.54, 1.807) is 13.8 Å². The molecule has 0 heterocycles. The molecule has 0 fully saturated rings. The Labute approximate surface area is 118 Å². The molecule has 0 aliphatic heterocycles. The van der Waals surface area contributed by atoms with E-state index < -0.39 is 17.9 Å². The van der Waals surface area contributed by atoms with Crippen LogP contribution in [-0.2, 0) is 20.9 Å². The SMILES string of the molecule is CC(C)C(=O)N(N)[C@@H](COCc1ccccc1)C(=O)O. The Balaban J connectivity index is 2.56.